The van der Waals surface area contributed by atoms with Crippen molar-refractivity contribution in [1.82, 2.24) is 20.2 Å². The van der Waals surface area contributed by atoms with Crippen LogP contribution < -0.4 is 17.0 Å². The SMILES string of the molecule is C=C(NCc1ccccc1)C1CC(F)CN1C.C=CCN(N)/C(=N\N)C(F)F.Fc1ncccc1C1CC1. The summed E-state index contributed by atoms with van der Waals surface area (Å²) >= 11 is 0. The number of nitrogens with two attached hydrogens (primary N) is 2. The Morgan fingerprint density at radius 2 is 1.95 bits per heavy atom. The predicted octanol–water partition coefficient (Wildman–Crippen LogP) is 4.32. The molecule has 2 heterocycles. The summed E-state index contributed by atoms with van der Waals surface area (Å²) in [6.07, 6.45) is 2.18. The van der Waals surface area contributed by atoms with Crippen molar-refractivity contribution in [1.29, 1.82) is 0 Å². The Kier molecular flexibility index (Phi) is 12.7. The number of alkyl halides is 3. The standard InChI is InChI=1S/C14H19FN2.C8H8FN.C5H10F2N4/c1-11(14-8-13(15)10-17(14)2)16-9-12-6-4-3-5-7-12;9-8-7(6-3-4-6)2-1-5-10-8;1-2-3-11(9)5(10-8)4(6)7/h3-7,13-14,16H,1,8-10H2,2H3;1-2,5-6H,3-4H2;2,4H,1,3,8-9H2/b;;10-5-. The van der Waals surface area contributed by atoms with Gasteiger partial charge in [0.2, 0.25) is 11.8 Å². The van der Waals surface area contributed by atoms with Crippen molar-refractivity contribution < 1.29 is 17.6 Å². The zero-order valence-electron chi connectivity index (χ0n) is 21.6. The van der Waals surface area contributed by atoms with Gasteiger partial charge in [0, 0.05) is 37.0 Å². The molecule has 2 aromatic rings. The Bertz CT molecular complexity index is 1030. The van der Waals surface area contributed by atoms with Crippen LogP contribution in [0, 0.1) is 5.95 Å². The monoisotopic (exact) mass is 535 g/mol. The molecule has 0 bridgehead atoms. The van der Waals surface area contributed by atoms with E-state index < -0.39 is 18.4 Å². The van der Waals surface area contributed by atoms with Gasteiger partial charge in [-0.1, -0.05) is 49.1 Å². The van der Waals surface area contributed by atoms with Crippen molar-refractivity contribution in [2.24, 2.45) is 16.8 Å². The number of nitrogens with one attached hydrogen (secondary N) is 1. The van der Waals surface area contributed by atoms with Gasteiger partial charge in [0.05, 0.1) is 12.6 Å². The number of hydrazone groups is 1. The van der Waals surface area contributed by atoms with E-state index in [0.717, 1.165) is 35.7 Å². The van der Waals surface area contributed by atoms with E-state index >= 15 is 0 Å². The molecule has 2 unspecified atom stereocenters. The summed E-state index contributed by atoms with van der Waals surface area (Å²) in [5.41, 5.74) is 2.92. The van der Waals surface area contributed by atoms with Crippen LogP contribution in [-0.2, 0) is 6.54 Å². The summed E-state index contributed by atoms with van der Waals surface area (Å²) < 4.78 is 49.8. The summed E-state index contributed by atoms with van der Waals surface area (Å²) in [5.74, 6) is 9.30. The average Bonchev–Trinajstić information content (AvgIpc) is 3.67. The average molecular weight is 536 g/mol. The van der Waals surface area contributed by atoms with Gasteiger partial charge < -0.3 is 11.2 Å². The molecule has 1 aliphatic heterocycles. The molecule has 1 aromatic heterocycles. The zero-order chi connectivity index (χ0) is 28.1. The lowest BCUT2D eigenvalue weighted by Gasteiger charge is -2.22. The maximum absolute atomic E-state index is 13.2. The number of likely N-dealkylation sites (N-methyl/N-ethyl adjacent to an activating group) is 1. The summed E-state index contributed by atoms with van der Waals surface area (Å²) in [4.78, 5) is 5.59. The van der Waals surface area contributed by atoms with E-state index in [0.29, 0.717) is 18.9 Å². The summed E-state index contributed by atoms with van der Waals surface area (Å²) in [5, 5.41) is 6.85. The molecule has 1 saturated heterocycles. The Hall–Kier alpha value is -3.44. The second-order valence-corrected chi connectivity index (χ2v) is 9.04. The second kappa shape index (κ2) is 15.7. The van der Waals surface area contributed by atoms with Crippen molar-refractivity contribution in [3.63, 3.8) is 0 Å². The number of hydrazine groups is 1. The number of likely N-dealkylation sites (tertiary alicyclic amines) is 1. The number of rotatable bonds is 8. The molecular formula is C27H37F4N7. The van der Waals surface area contributed by atoms with Crippen LogP contribution in [0.4, 0.5) is 17.6 Å². The highest BCUT2D eigenvalue weighted by atomic mass is 19.3. The molecule has 2 aliphatic rings. The van der Waals surface area contributed by atoms with Gasteiger partial charge in [-0.25, -0.2) is 24.0 Å². The number of halogens is 4. The van der Waals surface area contributed by atoms with Gasteiger partial charge in [-0.15, -0.1) is 6.58 Å². The van der Waals surface area contributed by atoms with E-state index in [1.165, 1.54) is 17.8 Å². The first-order chi connectivity index (χ1) is 18.2. The smallest absolute Gasteiger partial charge is 0.298 e. The first-order valence-electron chi connectivity index (χ1n) is 12.3. The summed E-state index contributed by atoms with van der Waals surface area (Å²) in [6.45, 7) is 8.68. The number of hydrogen-bond acceptors (Lipinski definition) is 6. The summed E-state index contributed by atoms with van der Waals surface area (Å²) in [7, 11) is 1.94. The summed E-state index contributed by atoms with van der Waals surface area (Å²) in [6, 6.07) is 13.9. The molecule has 4 rings (SSSR count). The van der Waals surface area contributed by atoms with Crippen LogP contribution in [0.15, 0.2) is 78.7 Å². The maximum Gasteiger partial charge on any atom is 0.298 e. The molecule has 1 aromatic carbocycles. The third kappa shape index (κ3) is 10.1. The number of aromatic nitrogens is 1. The molecule has 1 aliphatic carbocycles. The van der Waals surface area contributed by atoms with Gasteiger partial charge in [0.15, 0.2) is 0 Å². The van der Waals surface area contributed by atoms with E-state index in [1.54, 1.807) is 6.07 Å². The minimum atomic E-state index is -2.76. The number of pyridine rings is 1. The third-order valence-electron chi connectivity index (χ3n) is 6.01. The molecule has 2 fully saturated rings. The van der Waals surface area contributed by atoms with Crippen molar-refractivity contribution in [3.8, 4) is 0 Å². The van der Waals surface area contributed by atoms with Gasteiger partial charge in [-0.2, -0.15) is 9.49 Å². The minimum Gasteiger partial charge on any atom is -0.383 e. The van der Waals surface area contributed by atoms with E-state index in [4.69, 9.17) is 5.84 Å². The van der Waals surface area contributed by atoms with Crippen molar-refractivity contribution in [2.45, 2.75) is 50.4 Å². The molecule has 5 N–H and O–H groups in total. The molecule has 7 nitrogen and oxygen atoms in total. The lowest BCUT2D eigenvalue weighted by molar-refractivity contribution is 0.203. The molecular weight excluding hydrogens is 498 g/mol. The van der Waals surface area contributed by atoms with Gasteiger partial charge in [0.25, 0.3) is 6.43 Å². The van der Waals surface area contributed by atoms with E-state index in [2.05, 4.69) is 46.5 Å². The Balaban J connectivity index is 0.000000211. The highest BCUT2D eigenvalue weighted by molar-refractivity contribution is 5.84. The number of benzene rings is 1. The highest BCUT2D eigenvalue weighted by Crippen LogP contribution is 2.40. The predicted molar refractivity (Wildman–Crippen MR) is 143 cm³/mol. The van der Waals surface area contributed by atoms with E-state index in [-0.39, 0.29) is 18.5 Å². The molecule has 208 valence electrons. The Morgan fingerprint density at radius 1 is 1.26 bits per heavy atom. The minimum absolute atomic E-state index is 0.0837. The quantitative estimate of drug-likeness (QED) is 0.0887. The van der Waals surface area contributed by atoms with Crippen LogP contribution in [0.5, 0.6) is 0 Å². The largest absolute Gasteiger partial charge is 0.383 e. The molecule has 38 heavy (non-hydrogen) atoms. The molecule has 11 heteroatoms. The molecule has 1 saturated carbocycles. The zero-order valence-corrected chi connectivity index (χ0v) is 21.6. The fourth-order valence-electron chi connectivity index (χ4n) is 3.86. The number of hydrogen-bond donors (Lipinski definition) is 3. The molecule has 0 spiro atoms. The maximum atomic E-state index is 13.2. The lowest BCUT2D eigenvalue weighted by Crippen LogP contribution is -2.42. The van der Waals surface area contributed by atoms with E-state index in [1.807, 2.05) is 36.2 Å². The van der Waals surface area contributed by atoms with Gasteiger partial charge >= 0.3 is 0 Å². The second-order valence-electron chi connectivity index (χ2n) is 9.04. The van der Waals surface area contributed by atoms with Crippen molar-refractivity contribution in [3.05, 3.63) is 90.7 Å². The van der Waals surface area contributed by atoms with Crippen LogP contribution in [-0.4, -0.2) is 59.5 Å². The third-order valence-corrected chi connectivity index (χ3v) is 6.01. The van der Waals surface area contributed by atoms with Crippen LogP contribution in [0.2, 0.25) is 0 Å². The fraction of sp³-hybridized carbons (Fsp3) is 0.407. The van der Waals surface area contributed by atoms with Crippen molar-refractivity contribution >= 4 is 5.84 Å². The van der Waals surface area contributed by atoms with E-state index in [9.17, 15) is 17.6 Å². The van der Waals surface area contributed by atoms with Crippen molar-refractivity contribution in [2.75, 3.05) is 20.1 Å². The Labute approximate surface area is 221 Å². The first-order valence-corrected chi connectivity index (χ1v) is 12.3. The lowest BCUT2D eigenvalue weighted by atomic mass is 10.1. The van der Waals surface area contributed by atoms with Crippen LogP contribution >= 0.6 is 0 Å². The fourth-order valence-corrected chi connectivity index (χ4v) is 3.86. The van der Waals surface area contributed by atoms with Gasteiger partial charge in [-0.3, -0.25) is 9.91 Å². The highest BCUT2D eigenvalue weighted by Gasteiger charge is 2.31. The van der Waals surface area contributed by atoms with Crippen LogP contribution in [0.25, 0.3) is 0 Å². The number of amidine groups is 1. The normalized spacial score (nSPS) is 19.1. The van der Waals surface area contributed by atoms with Gasteiger partial charge in [-0.05, 0) is 37.4 Å². The van der Waals surface area contributed by atoms with Crippen LogP contribution in [0.1, 0.15) is 36.3 Å². The molecule has 2 atom stereocenters. The Morgan fingerprint density at radius 3 is 2.45 bits per heavy atom. The first kappa shape index (κ1) is 30.8. The van der Waals surface area contributed by atoms with Crippen LogP contribution in [0.3, 0.4) is 0 Å². The molecule has 0 amide bonds. The topological polar surface area (TPSA) is 95.8 Å². The van der Waals surface area contributed by atoms with Gasteiger partial charge in [0.1, 0.15) is 6.17 Å². The number of nitrogens with zero attached hydrogens (tertiary/aromatic N) is 4. The molecule has 0 radical (unpaired) electrons.